The first-order chi connectivity index (χ1) is 7.19. The SMILES string of the molecule is CCCN(CC)CCn1c(N)n[nH]c1=S. The van der Waals surface area contributed by atoms with Gasteiger partial charge >= 0.3 is 0 Å². The molecule has 0 saturated heterocycles. The molecule has 0 atom stereocenters. The van der Waals surface area contributed by atoms with Gasteiger partial charge in [-0.3, -0.25) is 4.57 Å². The molecule has 15 heavy (non-hydrogen) atoms. The number of aromatic nitrogens is 3. The average Bonchev–Trinajstić information content (AvgIpc) is 2.54. The van der Waals surface area contributed by atoms with Crippen molar-refractivity contribution in [3.63, 3.8) is 0 Å². The molecule has 0 fully saturated rings. The summed E-state index contributed by atoms with van der Waals surface area (Å²) in [4.78, 5) is 2.37. The van der Waals surface area contributed by atoms with Crippen LogP contribution in [0, 0.1) is 4.77 Å². The van der Waals surface area contributed by atoms with Crippen LogP contribution < -0.4 is 5.73 Å². The van der Waals surface area contributed by atoms with E-state index in [-0.39, 0.29) is 0 Å². The molecule has 5 nitrogen and oxygen atoms in total. The lowest BCUT2D eigenvalue weighted by atomic mass is 10.4. The van der Waals surface area contributed by atoms with Crippen LogP contribution in [0.5, 0.6) is 0 Å². The smallest absolute Gasteiger partial charge is 0.220 e. The normalized spacial score (nSPS) is 11.1. The summed E-state index contributed by atoms with van der Waals surface area (Å²) >= 11 is 5.07. The minimum atomic E-state index is 0.465. The molecule has 1 heterocycles. The van der Waals surface area contributed by atoms with Gasteiger partial charge in [-0.25, -0.2) is 5.10 Å². The van der Waals surface area contributed by atoms with Gasteiger partial charge in [-0.15, -0.1) is 5.10 Å². The van der Waals surface area contributed by atoms with Crippen LogP contribution in [0.25, 0.3) is 0 Å². The summed E-state index contributed by atoms with van der Waals surface area (Å²) in [5, 5.41) is 6.55. The van der Waals surface area contributed by atoms with Crippen LogP contribution in [-0.2, 0) is 6.54 Å². The molecule has 86 valence electrons. The fourth-order valence-corrected chi connectivity index (χ4v) is 1.76. The molecule has 1 rings (SSSR count). The zero-order valence-electron chi connectivity index (χ0n) is 9.36. The zero-order valence-corrected chi connectivity index (χ0v) is 10.2. The summed E-state index contributed by atoms with van der Waals surface area (Å²) in [6, 6.07) is 0. The first kappa shape index (κ1) is 12.2. The first-order valence-electron chi connectivity index (χ1n) is 5.32. The Labute approximate surface area is 95.3 Å². The van der Waals surface area contributed by atoms with Crippen molar-refractivity contribution in [3.8, 4) is 0 Å². The third kappa shape index (κ3) is 3.32. The summed E-state index contributed by atoms with van der Waals surface area (Å²) < 4.78 is 2.42. The molecule has 3 N–H and O–H groups in total. The molecule has 1 aromatic rings. The lowest BCUT2D eigenvalue weighted by molar-refractivity contribution is 0.277. The lowest BCUT2D eigenvalue weighted by Crippen LogP contribution is -2.28. The molecule has 0 aliphatic heterocycles. The van der Waals surface area contributed by atoms with E-state index in [1.54, 1.807) is 0 Å². The van der Waals surface area contributed by atoms with Crippen molar-refractivity contribution < 1.29 is 0 Å². The van der Waals surface area contributed by atoms with Crippen molar-refractivity contribution in [2.75, 3.05) is 25.4 Å². The number of anilines is 1. The van der Waals surface area contributed by atoms with Crippen LogP contribution >= 0.6 is 12.2 Å². The number of hydrogen-bond acceptors (Lipinski definition) is 4. The number of aromatic amines is 1. The highest BCUT2D eigenvalue weighted by Gasteiger charge is 2.04. The molecule has 0 bridgehead atoms. The number of nitrogen functional groups attached to an aromatic ring is 1. The standard InChI is InChI=1S/C9H19N5S/c1-3-5-13(4-2)6-7-14-8(10)11-12-9(14)15/h3-7H2,1-2H3,(H2,10,11)(H,12,15). The Balaban J connectivity index is 2.52. The molecule has 0 aliphatic rings. The monoisotopic (exact) mass is 229 g/mol. The molecule has 0 amide bonds. The molecule has 0 radical (unpaired) electrons. The maximum absolute atomic E-state index is 5.68. The van der Waals surface area contributed by atoms with Gasteiger partial charge in [0.05, 0.1) is 0 Å². The van der Waals surface area contributed by atoms with Gasteiger partial charge in [-0.05, 0) is 31.7 Å². The Kier molecular flexibility index (Phi) is 4.77. The van der Waals surface area contributed by atoms with Crippen LogP contribution in [0.2, 0.25) is 0 Å². The van der Waals surface area contributed by atoms with Gasteiger partial charge in [0.1, 0.15) is 0 Å². The number of rotatable bonds is 6. The summed E-state index contributed by atoms with van der Waals surface area (Å²) in [5.41, 5.74) is 5.68. The second kappa shape index (κ2) is 5.87. The van der Waals surface area contributed by atoms with Gasteiger partial charge in [-0.1, -0.05) is 13.8 Å². The topological polar surface area (TPSA) is 62.9 Å². The molecule has 0 saturated carbocycles. The highest BCUT2D eigenvalue weighted by Crippen LogP contribution is 2.00. The Morgan fingerprint density at radius 2 is 2.20 bits per heavy atom. The second-order valence-corrected chi connectivity index (χ2v) is 3.86. The third-order valence-corrected chi connectivity index (χ3v) is 2.73. The van der Waals surface area contributed by atoms with Crippen LogP contribution in [0.1, 0.15) is 20.3 Å². The van der Waals surface area contributed by atoms with E-state index < -0.39 is 0 Å². The summed E-state index contributed by atoms with van der Waals surface area (Å²) in [6.45, 7) is 8.27. The Morgan fingerprint density at radius 3 is 2.67 bits per heavy atom. The van der Waals surface area contributed by atoms with Crippen molar-refractivity contribution in [2.45, 2.75) is 26.8 Å². The van der Waals surface area contributed by atoms with Gasteiger partial charge in [0, 0.05) is 13.1 Å². The van der Waals surface area contributed by atoms with Crippen molar-refractivity contribution in [3.05, 3.63) is 4.77 Å². The van der Waals surface area contributed by atoms with Gasteiger partial charge in [0.15, 0.2) is 4.77 Å². The predicted octanol–water partition coefficient (Wildman–Crippen LogP) is 1.25. The fourth-order valence-electron chi connectivity index (χ4n) is 1.53. The number of nitrogens with two attached hydrogens (primary N) is 1. The molecular weight excluding hydrogens is 210 g/mol. The van der Waals surface area contributed by atoms with E-state index in [1.807, 2.05) is 4.57 Å². The lowest BCUT2D eigenvalue weighted by Gasteiger charge is -2.19. The number of hydrogen-bond donors (Lipinski definition) is 2. The van der Waals surface area contributed by atoms with E-state index in [1.165, 1.54) is 6.42 Å². The van der Waals surface area contributed by atoms with E-state index >= 15 is 0 Å². The van der Waals surface area contributed by atoms with Gasteiger partial charge < -0.3 is 10.6 Å². The molecule has 6 heteroatoms. The predicted molar refractivity (Wildman–Crippen MR) is 64.2 cm³/mol. The first-order valence-corrected chi connectivity index (χ1v) is 5.72. The van der Waals surface area contributed by atoms with Crippen molar-refractivity contribution in [1.82, 2.24) is 19.7 Å². The van der Waals surface area contributed by atoms with Crippen molar-refractivity contribution in [2.24, 2.45) is 0 Å². The molecular formula is C9H19N5S. The maximum atomic E-state index is 5.68. The van der Waals surface area contributed by atoms with Crippen LogP contribution in [0.4, 0.5) is 5.95 Å². The zero-order chi connectivity index (χ0) is 11.3. The quantitative estimate of drug-likeness (QED) is 0.721. The molecule has 0 unspecified atom stereocenters. The number of H-pyrrole nitrogens is 1. The van der Waals surface area contributed by atoms with E-state index in [2.05, 4.69) is 28.9 Å². The summed E-state index contributed by atoms with van der Waals surface area (Å²) in [6.07, 6.45) is 1.17. The maximum Gasteiger partial charge on any atom is 0.220 e. The van der Waals surface area contributed by atoms with E-state index in [0.29, 0.717) is 10.7 Å². The number of likely N-dealkylation sites (N-methyl/N-ethyl adjacent to an activating group) is 1. The number of nitrogens with zero attached hydrogens (tertiary/aromatic N) is 3. The Hall–Kier alpha value is -0.880. The second-order valence-electron chi connectivity index (χ2n) is 3.47. The van der Waals surface area contributed by atoms with Crippen LogP contribution in [0.3, 0.4) is 0 Å². The minimum absolute atomic E-state index is 0.465. The molecule has 0 spiro atoms. The van der Waals surface area contributed by atoms with Gasteiger partial charge in [0.25, 0.3) is 0 Å². The molecule has 1 aromatic heterocycles. The Bertz CT molecular complexity index is 343. The van der Waals surface area contributed by atoms with E-state index in [0.717, 1.165) is 26.2 Å². The minimum Gasteiger partial charge on any atom is -0.368 e. The fraction of sp³-hybridized carbons (Fsp3) is 0.778. The summed E-state index contributed by atoms with van der Waals surface area (Å²) in [7, 11) is 0. The molecule has 0 aliphatic carbocycles. The van der Waals surface area contributed by atoms with Gasteiger partial charge in [-0.2, -0.15) is 0 Å². The largest absolute Gasteiger partial charge is 0.368 e. The van der Waals surface area contributed by atoms with E-state index in [4.69, 9.17) is 18.0 Å². The number of nitrogens with one attached hydrogen (secondary N) is 1. The highest BCUT2D eigenvalue weighted by molar-refractivity contribution is 7.71. The van der Waals surface area contributed by atoms with Crippen molar-refractivity contribution >= 4 is 18.2 Å². The third-order valence-electron chi connectivity index (χ3n) is 2.41. The van der Waals surface area contributed by atoms with Crippen LogP contribution in [-0.4, -0.2) is 39.3 Å². The molecule has 0 aromatic carbocycles. The van der Waals surface area contributed by atoms with E-state index in [9.17, 15) is 0 Å². The van der Waals surface area contributed by atoms with Crippen molar-refractivity contribution in [1.29, 1.82) is 0 Å². The van der Waals surface area contributed by atoms with Crippen LogP contribution in [0.15, 0.2) is 0 Å². The average molecular weight is 229 g/mol. The van der Waals surface area contributed by atoms with Gasteiger partial charge in [0.2, 0.25) is 5.95 Å². The Morgan fingerprint density at radius 1 is 1.47 bits per heavy atom. The highest BCUT2D eigenvalue weighted by atomic mass is 32.1. The summed E-state index contributed by atoms with van der Waals surface area (Å²) in [5.74, 6) is 0.465.